The van der Waals surface area contributed by atoms with Crippen LogP contribution in [0.3, 0.4) is 0 Å². The van der Waals surface area contributed by atoms with Gasteiger partial charge in [-0.1, -0.05) is 30.4 Å². The number of amides is 2. The van der Waals surface area contributed by atoms with Gasteiger partial charge in [0.15, 0.2) is 0 Å². The molecule has 29 heavy (non-hydrogen) atoms. The minimum atomic E-state index is -0.380. The van der Waals surface area contributed by atoms with E-state index in [0.29, 0.717) is 39.2 Å². The molecule has 0 saturated heterocycles. The summed E-state index contributed by atoms with van der Waals surface area (Å²) in [6.45, 7) is 20.3. The quantitative estimate of drug-likeness (QED) is 0.250. The van der Waals surface area contributed by atoms with Gasteiger partial charge in [-0.2, -0.15) is 0 Å². The van der Waals surface area contributed by atoms with Crippen molar-refractivity contribution in [3.8, 4) is 0 Å². The fraction of sp³-hybridized carbons (Fsp3) is 0.478. The van der Waals surface area contributed by atoms with Gasteiger partial charge in [0.25, 0.3) is 0 Å². The maximum Gasteiger partial charge on any atom is 0.410 e. The first kappa shape index (κ1) is 26.2. The molecule has 162 valence electrons. The molecule has 0 aliphatic heterocycles. The number of unbranched alkanes of at least 4 members (excludes halogenated alkanes) is 2. The van der Waals surface area contributed by atoms with E-state index in [2.05, 4.69) is 32.9 Å². The largest absolute Gasteiger partial charge is 0.449 e. The molecule has 0 saturated carbocycles. The molecular weight excluding hydrogens is 368 g/mol. The van der Waals surface area contributed by atoms with Crippen LogP contribution in [0.1, 0.15) is 32.1 Å². The molecule has 1 unspecified atom stereocenters. The van der Waals surface area contributed by atoms with Crippen molar-refractivity contribution >= 4 is 12.2 Å². The lowest BCUT2D eigenvalue weighted by Crippen LogP contribution is -2.34. The van der Waals surface area contributed by atoms with Crippen molar-refractivity contribution < 1.29 is 19.1 Å². The van der Waals surface area contributed by atoms with Crippen molar-refractivity contribution in [3.05, 3.63) is 63.3 Å². The minimum Gasteiger partial charge on any atom is -0.449 e. The number of rotatable bonds is 17. The molecule has 0 aromatic heterocycles. The Morgan fingerprint density at radius 2 is 1.24 bits per heavy atom. The Bertz CT molecular complexity index is 525. The highest BCUT2D eigenvalue weighted by atomic mass is 16.6. The fourth-order valence-electron chi connectivity index (χ4n) is 2.60. The molecule has 2 amide bonds. The van der Waals surface area contributed by atoms with Crippen LogP contribution in [0.4, 0.5) is 9.59 Å². The van der Waals surface area contributed by atoms with Crippen LogP contribution in [0.5, 0.6) is 0 Å². The summed E-state index contributed by atoms with van der Waals surface area (Å²) in [5.74, 6) is 0. The lowest BCUT2D eigenvalue weighted by Gasteiger charge is -2.23. The molecule has 0 heterocycles. The topological polar surface area (TPSA) is 59.1 Å². The van der Waals surface area contributed by atoms with Crippen molar-refractivity contribution in [3.63, 3.8) is 0 Å². The summed E-state index contributed by atoms with van der Waals surface area (Å²) >= 11 is 0. The maximum atomic E-state index is 12.3. The summed E-state index contributed by atoms with van der Waals surface area (Å²) in [6, 6.07) is 0. The Labute approximate surface area is 175 Å². The van der Waals surface area contributed by atoms with E-state index in [1.54, 1.807) is 30.4 Å². The minimum absolute atomic E-state index is 0.227. The lowest BCUT2D eigenvalue weighted by atomic mass is 10.1. The highest BCUT2D eigenvalue weighted by Gasteiger charge is 2.18. The van der Waals surface area contributed by atoms with Crippen molar-refractivity contribution in [2.75, 3.05) is 32.8 Å². The normalized spacial score (nSPS) is 10.9. The molecule has 0 radical (unpaired) electrons. The number of hydrogen-bond acceptors (Lipinski definition) is 4. The molecule has 0 bridgehead atoms. The molecule has 0 rings (SSSR count). The van der Waals surface area contributed by atoms with Gasteiger partial charge in [0.1, 0.15) is 6.10 Å². The molecule has 6 heteroatoms. The van der Waals surface area contributed by atoms with Crippen molar-refractivity contribution in [1.29, 1.82) is 0 Å². The molecule has 6 nitrogen and oxygen atoms in total. The molecule has 0 N–H and O–H groups in total. The summed E-state index contributed by atoms with van der Waals surface area (Å²) in [6.07, 6.45) is 11.2. The van der Waals surface area contributed by atoms with Crippen molar-refractivity contribution in [2.24, 2.45) is 0 Å². The highest BCUT2D eigenvalue weighted by Crippen LogP contribution is 2.13. The van der Waals surface area contributed by atoms with Crippen LogP contribution in [0.15, 0.2) is 63.3 Å². The predicted octanol–water partition coefficient (Wildman–Crippen LogP) is 5.11. The van der Waals surface area contributed by atoms with Crippen LogP contribution in [-0.4, -0.2) is 60.9 Å². The van der Waals surface area contributed by atoms with Gasteiger partial charge in [-0.3, -0.25) is 0 Å². The molecule has 0 aliphatic rings. The Balaban J connectivity index is 4.26. The van der Waals surface area contributed by atoms with Gasteiger partial charge in [-0.05, 0) is 25.7 Å². The molecule has 0 aromatic carbocycles. The van der Waals surface area contributed by atoms with Gasteiger partial charge in [-0.15, -0.1) is 32.9 Å². The third kappa shape index (κ3) is 12.3. The van der Waals surface area contributed by atoms with Crippen LogP contribution >= 0.6 is 0 Å². The summed E-state index contributed by atoms with van der Waals surface area (Å²) in [4.78, 5) is 27.3. The third-order valence-electron chi connectivity index (χ3n) is 4.01. The van der Waals surface area contributed by atoms with Crippen molar-refractivity contribution in [1.82, 2.24) is 9.80 Å². The van der Waals surface area contributed by atoms with Gasteiger partial charge >= 0.3 is 12.2 Å². The van der Waals surface area contributed by atoms with Crippen LogP contribution in [0.2, 0.25) is 0 Å². The summed E-state index contributed by atoms with van der Waals surface area (Å²) in [5, 5.41) is 0. The fourth-order valence-corrected chi connectivity index (χ4v) is 2.60. The van der Waals surface area contributed by atoms with E-state index in [1.807, 2.05) is 0 Å². The van der Waals surface area contributed by atoms with Gasteiger partial charge < -0.3 is 19.3 Å². The van der Waals surface area contributed by atoms with E-state index in [9.17, 15) is 9.59 Å². The standard InChI is InChI=1S/C23H36N2O4/c1-6-14-21(29-23(27)25(18-9-4)19-10-5)15-12-11-13-20-28-22(26)24(16-7-2)17-8-3/h6-10,21H,1-5,11-20H2. The van der Waals surface area contributed by atoms with Gasteiger partial charge in [0.05, 0.1) is 6.61 Å². The van der Waals surface area contributed by atoms with E-state index < -0.39 is 0 Å². The number of carbonyl (C=O) groups is 2. The number of carbonyl (C=O) groups excluding carboxylic acids is 2. The zero-order valence-corrected chi connectivity index (χ0v) is 17.6. The van der Waals surface area contributed by atoms with E-state index in [1.165, 1.54) is 9.80 Å². The van der Waals surface area contributed by atoms with E-state index in [4.69, 9.17) is 9.47 Å². The first-order chi connectivity index (χ1) is 14.0. The number of nitrogens with zero attached hydrogens (tertiary/aromatic N) is 2. The second kappa shape index (κ2) is 17.3. The van der Waals surface area contributed by atoms with E-state index >= 15 is 0 Å². The average Bonchev–Trinajstić information content (AvgIpc) is 2.70. The SMILES string of the molecule is C=CCC(CCCCCOC(=O)N(CC=C)CC=C)OC(=O)N(CC=C)CC=C. The van der Waals surface area contributed by atoms with E-state index in [-0.39, 0.29) is 18.3 Å². The summed E-state index contributed by atoms with van der Waals surface area (Å²) < 4.78 is 10.9. The van der Waals surface area contributed by atoms with Gasteiger partial charge in [-0.25, -0.2) is 9.59 Å². The summed E-state index contributed by atoms with van der Waals surface area (Å²) in [7, 11) is 0. The van der Waals surface area contributed by atoms with Crippen molar-refractivity contribution in [2.45, 2.75) is 38.2 Å². The number of ether oxygens (including phenoxy) is 2. The predicted molar refractivity (Wildman–Crippen MR) is 119 cm³/mol. The first-order valence-electron chi connectivity index (χ1n) is 9.95. The van der Waals surface area contributed by atoms with Crippen LogP contribution in [0, 0.1) is 0 Å². The maximum absolute atomic E-state index is 12.3. The average molecular weight is 405 g/mol. The molecule has 0 spiro atoms. The smallest absolute Gasteiger partial charge is 0.410 e. The molecule has 0 aromatic rings. The summed E-state index contributed by atoms with van der Waals surface area (Å²) in [5.41, 5.74) is 0. The Kier molecular flexibility index (Phi) is 15.7. The second-order valence-corrected chi connectivity index (χ2v) is 6.46. The van der Waals surface area contributed by atoms with Gasteiger partial charge in [0.2, 0.25) is 0 Å². The monoisotopic (exact) mass is 404 g/mol. The van der Waals surface area contributed by atoms with Crippen LogP contribution in [-0.2, 0) is 9.47 Å². The second-order valence-electron chi connectivity index (χ2n) is 6.46. The zero-order chi connectivity index (χ0) is 21.9. The van der Waals surface area contributed by atoms with E-state index in [0.717, 1.165) is 25.7 Å². The molecule has 0 fully saturated rings. The highest BCUT2D eigenvalue weighted by molar-refractivity contribution is 5.68. The molecular formula is C23H36N2O4. The van der Waals surface area contributed by atoms with Gasteiger partial charge in [0, 0.05) is 32.6 Å². The third-order valence-corrected chi connectivity index (χ3v) is 4.01. The number of hydrogen-bond donors (Lipinski definition) is 0. The Morgan fingerprint density at radius 1 is 0.724 bits per heavy atom. The first-order valence-corrected chi connectivity index (χ1v) is 9.95. The zero-order valence-electron chi connectivity index (χ0n) is 17.6. The Morgan fingerprint density at radius 3 is 1.72 bits per heavy atom. The Hall–Kier alpha value is -2.76. The lowest BCUT2D eigenvalue weighted by molar-refractivity contribution is 0.0636. The molecule has 1 atom stereocenters. The molecule has 0 aliphatic carbocycles. The van der Waals surface area contributed by atoms with Crippen LogP contribution in [0.25, 0.3) is 0 Å². The van der Waals surface area contributed by atoms with Crippen LogP contribution < -0.4 is 0 Å².